The van der Waals surface area contributed by atoms with Gasteiger partial charge in [-0.2, -0.15) is 0 Å². The van der Waals surface area contributed by atoms with Gasteiger partial charge in [-0.3, -0.25) is 4.79 Å². The summed E-state index contributed by atoms with van der Waals surface area (Å²) in [4.78, 5) is 17.4. The lowest BCUT2D eigenvalue weighted by atomic mass is 10.0. The van der Waals surface area contributed by atoms with E-state index in [4.69, 9.17) is 4.74 Å². The first-order valence-electron chi connectivity index (χ1n) is 8.94. The summed E-state index contributed by atoms with van der Waals surface area (Å²) in [6.45, 7) is 1.96. The molecule has 26 heavy (non-hydrogen) atoms. The van der Waals surface area contributed by atoms with E-state index in [1.807, 2.05) is 61.0 Å². The van der Waals surface area contributed by atoms with E-state index in [1.165, 1.54) is 0 Å². The zero-order valence-corrected chi connectivity index (χ0v) is 15.3. The molecule has 0 unspecified atom stereocenters. The molecule has 5 heteroatoms. The fourth-order valence-corrected chi connectivity index (χ4v) is 3.40. The Morgan fingerprint density at radius 1 is 1.23 bits per heavy atom. The van der Waals surface area contributed by atoms with Crippen LogP contribution in [-0.2, 0) is 7.05 Å². The molecule has 1 aromatic heterocycles. The monoisotopic (exact) mass is 349 g/mol. The Balaban J connectivity index is 1.58. The highest BCUT2D eigenvalue weighted by Crippen LogP contribution is 2.41. The topological polar surface area (TPSA) is 56.1 Å². The lowest BCUT2D eigenvalue weighted by molar-refractivity contribution is 0.0932. The molecule has 1 N–H and O–H groups in total. The standard InChI is InChI=1S/C21H23N3O2/c1-13-22-18-12-16(8-11-19(18)24(13)2)21(25)23-20(14-4-5-14)15-6-9-17(26-3)10-7-15/h6-12,14,20H,4-5H2,1-3H3,(H,23,25)/t20-/m1/s1. The van der Waals surface area contributed by atoms with Crippen molar-refractivity contribution in [2.24, 2.45) is 13.0 Å². The van der Waals surface area contributed by atoms with Gasteiger partial charge in [-0.25, -0.2) is 4.98 Å². The van der Waals surface area contributed by atoms with Gasteiger partial charge in [0.05, 0.1) is 24.2 Å². The van der Waals surface area contributed by atoms with Gasteiger partial charge in [0.15, 0.2) is 0 Å². The second kappa shape index (κ2) is 6.48. The third-order valence-electron chi connectivity index (χ3n) is 5.22. The van der Waals surface area contributed by atoms with Crippen LogP contribution in [0.1, 0.15) is 40.6 Å². The van der Waals surface area contributed by atoms with Crippen molar-refractivity contribution in [3.63, 3.8) is 0 Å². The van der Waals surface area contributed by atoms with Crippen molar-refractivity contribution in [1.29, 1.82) is 0 Å². The molecule has 1 aliphatic carbocycles. The number of aryl methyl sites for hydroxylation is 2. The van der Waals surface area contributed by atoms with Crippen LogP contribution in [0.25, 0.3) is 11.0 Å². The van der Waals surface area contributed by atoms with Crippen molar-refractivity contribution in [3.8, 4) is 5.75 Å². The first-order valence-corrected chi connectivity index (χ1v) is 8.94. The fourth-order valence-electron chi connectivity index (χ4n) is 3.40. The molecule has 0 spiro atoms. The van der Waals surface area contributed by atoms with Crippen molar-refractivity contribution in [2.45, 2.75) is 25.8 Å². The Morgan fingerprint density at radius 2 is 1.96 bits per heavy atom. The second-order valence-corrected chi connectivity index (χ2v) is 6.98. The smallest absolute Gasteiger partial charge is 0.251 e. The molecule has 1 saturated carbocycles. The van der Waals surface area contributed by atoms with Crippen molar-refractivity contribution in [3.05, 3.63) is 59.4 Å². The minimum atomic E-state index is -0.0528. The molecule has 2 aromatic carbocycles. The number of hydrogen-bond donors (Lipinski definition) is 1. The van der Waals surface area contributed by atoms with Crippen LogP contribution >= 0.6 is 0 Å². The average Bonchev–Trinajstić information content (AvgIpc) is 3.46. The molecule has 3 aromatic rings. The summed E-state index contributed by atoms with van der Waals surface area (Å²) in [7, 11) is 3.64. The van der Waals surface area contributed by atoms with Crippen molar-refractivity contribution in [1.82, 2.24) is 14.9 Å². The predicted molar refractivity (Wildman–Crippen MR) is 101 cm³/mol. The van der Waals surface area contributed by atoms with Gasteiger partial charge in [0.1, 0.15) is 11.6 Å². The second-order valence-electron chi connectivity index (χ2n) is 6.98. The van der Waals surface area contributed by atoms with E-state index in [-0.39, 0.29) is 11.9 Å². The SMILES string of the molecule is COc1ccc([C@H](NC(=O)c2ccc3c(c2)nc(C)n3C)C2CC2)cc1. The Bertz CT molecular complexity index is 955. The zero-order valence-electron chi connectivity index (χ0n) is 15.3. The average molecular weight is 349 g/mol. The van der Waals surface area contributed by atoms with Gasteiger partial charge in [-0.15, -0.1) is 0 Å². The summed E-state index contributed by atoms with van der Waals surface area (Å²) >= 11 is 0. The number of benzene rings is 2. The number of rotatable bonds is 5. The number of hydrogen-bond acceptors (Lipinski definition) is 3. The molecule has 0 radical (unpaired) electrons. The lowest BCUT2D eigenvalue weighted by Gasteiger charge is -2.19. The highest BCUT2D eigenvalue weighted by Gasteiger charge is 2.33. The minimum absolute atomic E-state index is 0.0366. The Morgan fingerprint density at radius 3 is 2.62 bits per heavy atom. The fraction of sp³-hybridized carbons (Fsp3) is 0.333. The number of methoxy groups -OCH3 is 1. The number of aromatic nitrogens is 2. The maximum Gasteiger partial charge on any atom is 0.251 e. The third-order valence-corrected chi connectivity index (χ3v) is 5.22. The van der Waals surface area contributed by atoms with Gasteiger partial charge in [-0.05, 0) is 61.6 Å². The maximum absolute atomic E-state index is 12.8. The van der Waals surface area contributed by atoms with Crippen LogP contribution in [0.15, 0.2) is 42.5 Å². The minimum Gasteiger partial charge on any atom is -0.497 e. The van der Waals surface area contributed by atoms with Crippen LogP contribution < -0.4 is 10.1 Å². The van der Waals surface area contributed by atoms with Crippen LogP contribution in [-0.4, -0.2) is 22.6 Å². The normalized spacial score (nSPS) is 15.0. The molecule has 1 fully saturated rings. The van der Waals surface area contributed by atoms with E-state index in [9.17, 15) is 4.79 Å². The van der Waals surface area contributed by atoms with Crippen molar-refractivity contribution >= 4 is 16.9 Å². The zero-order chi connectivity index (χ0) is 18.3. The molecule has 0 bridgehead atoms. The summed E-state index contributed by atoms with van der Waals surface area (Å²) in [5.74, 6) is 2.22. The number of ether oxygens (including phenoxy) is 1. The number of carbonyl (C=O) groups excluding carboxylic acids is 1. The van der Waals surface area contributed by atoms with E-state index in [0.29, 0.717) is 11.5 Å². The summed E-state index contributed by atoms with van der Waals surface area (Å²) < 4.78 is 7.26. The van der Waals surface area contributed by atoms with Crippen LogP contribution in [0.5, 0.6) is 5.75 Å². The van der Waals surface area contributed by atoms with Crippen molar-refractivity contribution < 1.29 is 9.53 Å². The first-order chi connectivity index (χ1) is 12.6. The van der Waals surface area contributed by atoms with Crippen LogP contribution in [0.3, 0.4) is 0 Å². The summed E-state index contributed by atoms with van der Waals surface area (Å²) in [5.41, 5.74) is 3.66. The van der Waals surface area contributed by atoms with E-state index < -0.39 is 0 Å². The number of carbonyl (C=O) groups is 1. The summed E-state index contributed by atoms with van der Waals surface area (Å²) in [6, 6.07) is 13.7. The van der Waals surface area contributed by atoms with Gasteiger partial charge < -0.3 is 14.6 Å². The molecular formula is C21H23N3O2. The Labute approximate surface area is 153 Å². The number of fused-ring (bicyclic) bond motifs is 1. The molecular weight excluding hydrogens is 326 g/mol. The predicted octanol–water partition coefficient (Wildman–Crippen LogP) is 3.77. The molecule has 1 aliphatic rings. The lowest BCUT2D eigenvalue weighted by Crippen LogP contribution is -2.29. The molecule has 5 nitrogen and oxygen atoms in total. The Kier molecular flexibility index (Phi) is 4.15. The molecule has 0 aliphatic heterocycles. The maximum atomic E-state index is 12.8. The van der Waals surface area contributed by atoms with Crippen LogP contribution in [0.2, 0.25) is 0 Å². The summed E-state index contributed by atoms with van der Waals surface area (Å²) in [6.07, 6.45) is 2.30. The van der Waals surface area contributed by atoms with Crippen molar-refractivity contribution in [2.75, 3.05) is 7.11 Å². The highest BCUT2D eigenvalue weighted by molar-refractivity contribution is 5.97. The Hall–Kier alpha value is -2.82. The van der Waals surface area contributed by atoms with Crippen LogP contribution in [0.4, 0.5) is 0 Å². The van der Waals surface area contributed by atoms with E-state index in [0.717, 1.165) is 41.0 Å². The highest BCUT2D eigenvalue weighted by atomic mass is 16.5. The molecule has 0 saturated heterocycles. The van der Waals surface area contributed by atoms with Gasteiger partial charge >= 0.3 is 0 Å². The number of amides is 1. The molecule has 1 heterocycles. The first kappa shape index (κ1) is 16.6. The van der Waals surface area contributed by atoms with Gasteiger partial charge in [0.2, 0.25) is 0 Å². The van der Waals surface area contributed by atoms with E-state index >= 15 is 0 Å². The van der Waals surface area contributed by atoms with Crippen LogP contribution in [0, 0.1) is 12.8 Å². The van der Waals surface area contributed by atoms with E-state index in [2.05, 4.69) is 10.3 Å². The van der Waals surface area contributed by atoms with Gasteiger partial charge in [0, 0.05) is 12.6 Å². The number of nitrogens with one attached hydrogen (secondary N) is 1. The van der Waals surface area contributed by atoms with Gasteiger partial charge in [-0.1, -0.05) is 12.1 Å². The summed E-state index contributed by atoms with van der Waals surface area (Å²) in [5, 5.41) is 3.22. The molecule has 1 amide bonds. The largest absolute Gasteiger partial charge is 0.497 e. The molecule has 4 rings (SSSR count). The quantitative estimate of drug-likeness (QED) is 0.763. The van der Waals surface area contributed by atoms with E-state index in [1.54, 1.807) is 7.11 Å². The third kappa shape index (κ3) is 3.05. The molecule has 134 valence electrons. The number of nitrogens with zero attached hydrogens (tertiary/aromatic N) is 2. The van der Waals surface area contributed by atoms with Gasteiger partial charge in [0.25, 0.3) is 5.91 Å². The number of imidazole rings is 1. The molecule has 1 atom stereocenters.